The summed E-state index contributed by atoms with van der Waals surface area (Å²) in [6.45, 7) is 0. The van der Waals surface area contributed by atoms with Crippen molar-refractivity contribution in [1.82, 2.24) is 15.2 Å². The van der Waals surface area contributed by atoms with Crippen LogP contribution in [-0.4, -0.2) is 35.3 Å². The third kappa shape index (κ3) is 5.29. The monoisotopic (exact) mass is 486 g/mol. The molecule has 0 atom stereocenters. The van der Waals surface area contributed by atoms with Crippen molar-refractivity contribution in [3.8, 4) is 11.5 Å². The molecule has 0 unspecified atom stereocenters. The first kappa shape index (κ1) is 22.3. The average Bonchev–Trinajstić information content (AvgIpc) is 3.24. The lowest BCUT2D eigenvalue weighted by molar-refractivity contribution is -0.116. The number of nitrogens with zero attached hydrogens (tertiary/aromatic N) is 3. The van der Waals surface area contributed by atoms with Crippen molar-refractivity contribution in [1.29, 1.82) is 0 Å². The van der Waals surface area contributed by atoms with E-state index in [0.717, 1.165) is 25.7 Å². The number of ether oxygens (including phenoxy) is 2. The van der Waals surface area contributed by atoms with Crippen molar-refractivity contribution in [2.75, 3.05) is 19.5 Å². The molecular formula is C22H19ClN4O3S2. The third-order valence-electron chi connectivity index (χ3n) is 4.60. The Balaban J connectivity index is 1.37. The summed E-state index contributed by atoms with van der Waals surface area (Å²) in [7, 11) is 3.18. The van der Waals surface area contributed by atoms with Crippen LogP contribution >= 0.6 is 34.7 Å². The van der Waals surface area contributed by atoms with E-state index in [1.54, 1.807) is 20.4 Å². The number of pyridine rings is 1. The number of rotatable bonds is 8. The lowest BCUT2D eigenvalue weighted by Gasteiger charge is -2.09. The highest BCUT2D eigenvalue weighted by molar-refractivity contribution is 8.01. The molecular weight excluding hydrogens is 468 g/mol. The molecule has 0 spiro atoms. The van der Waals surface area contributed by atoms with Crippen molar-refractivity contribution in [2.45, 2.75) is 22.1 Å². The summed E-state index contributed by atoms with van der Waals surface area (Å²) in [5.41, 5.74) is 1.80. The Morgan fingerprint density at radius 3 is 2.75 bits per heavy atom. The van der Waals surface area contributed by atoms with Crippen molar-refractivity contribution in [2.24, 2.45) is 0 Å². The molecule has 164 valence electrons. The molecule has 1 amide bonds. The largest absolute Gasteiger partial charge is 0.493 e. The van der Waals surface area contributed by atoms with Crippen molar-refractivity contribution in [3.05, 3.63) is 59.2 Å². The predicted octanol–water partition coefficient (Wildman–Crippen LogP) is 5.48. The number of carbonyl (C=O) groups is 1. The van der Waals surface area contributed by atoms with Crippen LogP contribution in [0.15, 0.2) is 57.9 Å². The molecule has 4 aromatic rings. The number of amides is 1. The molecule has 0 aliphatic rings. The standard InChI is InChI=1S/C22H19ClN4O3S2/c1-29-17-7-3-13(11-18(17)30-2)4-8-20(28)25-21-26-27-22(32-21)31-19-9-10-24-16-12-14(23)5-6-15(16)19/h3,5-7,9-12H,4,8H2,1-2H3,(H,25,26,28). The topological polar surface area (TPSA) is 86.2 Å². The lowest BCUT2D eigenvalue weighted by atomic mass is 10.1. The van der Waals surface area contributed by atoms with Crippen LogP contribution in [0.5, 0.6) is 11.5 Å². The zero-order valence-corrected chi connectivity index (χ0v) is 19.7. The maximum atomic E-state index is 12.4. The minimum Gasteiger partial charge on any atom is -0.493 e. The minimum absolute atomic E-state index is 0.128. The van der Waals surface area contributed by atoms with E-state index in [9.17, 15) is 4.79 Å². The van der Waals surface area contributed by atoms with Crippen LogP contribution in [0.2, 0.25) is 5.02 Å². The van der Waals surface area contributed by atoms with Crippen LogP contribution in [0.1, 0.15) is 12.0 Å². The van der Waals surface area contributed by atoms with Gasteiger partial charge in [-0.05, 0) is 42.3 Å². The summed E-state index contributed by atoms with van der Waals surface area (Å²) < 4.78 is 11.3. The first-order valence-corrected chi connectivity index (χ1v) is 11.6. The van der Waals surface area contributed by atoms with E-state index in [1.807, 2.05) is 42.5 Å². The van der Waals surface area contributed by atoms with Crippen molar-refractivity contribution >= 4 is 56.6 Å². The Labute approximate surface area is 198 Å². The summed E-state index contributed by atoms with van der Waals surface area (Å²) >= 11 is 8.86. The predicted molar refractivity (Wildman–Crippen MR) is 127 cm³/mol. The van der Waals surface area contributed by atoms with Gasteiger partial charge in [0.25, 0.3) is 0 Å². The first-order valence-electron chi connectivity index (χ1n) is 9.62. The molecule has 7 nitrogen and oxygen atoms in total. The molecule has 32 heavy (non-hydrogen) atoms. The second-order valence-electron chi connectivity index (χ2n) is 6.68. The van der Waals surface area contributed by atoms with Gasteiger partial charge < -0.3 is 14.8 Å². The van der Waals surface area contributed by atoms with E-state index in [4.69, 9.17) is 21.1 Å². The molecule has 0 aliphatic carbocycles. The van der Waals surface area contributed by atoms with E-state index in [2.05, 4.69) is 20.5 Å². The van der Waals surface area contributed by atoms with E-state index >= 15 is 0 Å². The van der Waals surface area contributed by atoms with Gasteiger partial charge in [-0.3, -0.25) is 9.78 Å². The second-order valence-corrected chi connectivity index (χ2v) is 9.39. The van der Waals surface area contributed by atoms with Crippen molar-refractivity contribution < 1.29 is 14.3 Å². The number of aromatic nitrogens is 3. The Morgan fingerprint density at radius 2 is 1.94 bits per heavy atom. The zero-order valence-electron chi connectivity index (χ0n) is 17.3. The van der Waals surface area contributed by atoms with Gasteiger partial charge >= 0.3 is 0 Å². The van der Waals surface area contributed by atoms with Crippen LogP contribution in [0.3, 0.4) is 0 Å². The van der Waals surface area contributed by atoms with Gasteiger partial charge in [-0.15, -0.1) is 10.2 Å². The summed E-state index contributed by atoms with van der Waals surface area (Å²) in [6.07, 6.45) is 2.62. The van der Waals surface area contributed by atoms with Crippen LogP contribution in [0, 0.1) is 0 Å². The molecule has 2 aromatic carbocycles. The number of carbonyl (C=O) groups excluding carboxylic acids is 1. The molecule has 2 heterocycles. The van der Waals surface area contributed by atoms with Gasteiger partial charge in [-0.2, -0.15) is 0 Å². The van der Waals surface area contributed by atoms with Crippen LogP contribution in [0.4, 0.5) is 5.13 Å². The van der Waals surface area contributed by atoms with Gasteiger partial charge in [-0.1, -0.05) is 46.8 Å². The molecule has 2 aromatic heterocycles. The minimum atomic E-state index is -0.128. The summed E-state index contributed by atoms with van der Waals surface area (Å²) in [4.78, 5) is 17.7. The molecule has 0 fully saturated rings. The summed E-state index contributed by atoms with van der Waals surface area (Å²) in [6, 6.07) is 13.1. The van der Waals surface area contributed by atoms with E-state index in [-0.39, 0.29) is 5.91 Å². The van der Waals surface area contributed by atoms with Gasteiger partial charge in [0.2, 0.25) is 11.0 Å². The normalized spacial score (nSPS) is 10.8. The highest BCUT2D eigenvalue weighted by atomic mass is 35.5. The molecule has 0 aliphatic heterocycles. The SMILES string of the molecule is COc1ccc(CCC(=O)Nc2nnc(Sc3ccnc4cc(Cl)ccc34)s2)cc1OC. The van der Waals surface area contributed by atoms with Gasteiger partial charge in [0.15, 0.2) is 15.8 Å². The Kier molecular flexibility index (Phi) is 7.09. The average molecular weight is 487 g/mol. The van der Waals surface area contributed by atoms with Gasteiger partial charge in [0.05, 0.1) is 19.7 Å². The fourth-order valence-electron chi connectivity index (χ4n) is 3.06. The highest BCUT2D eigenvalue weighted by Gasteiger charge is 2.12. The smallest absolute Gasteiger partial charge is 0.226 e. The Morgan fingerprint density at radius 1 is 1.09 bits per heavy atom. The van der Waals surface area contributed by atoms with Gasteiger partial charge in [-0.25, -0.2) is 0 Å². The first-order chi connectivity index (χ1) is 15.6. The van der Waals surface area contributed by atoms with Crippen molar-refractivity contribution in [3.63, 3.8) is 0 Å². The summed E-state index contributed by atoms with van der Waals surface area (Å²) in [5.74, 6) is 1.17. The number of fused-ring (bicyclic) bond motifs is 1. The molecule has 1 N–H and O–H groups in total. The number of nitrogens with one attached hydrogen (secondary N) is 1. The van der Waals surface area contributed by atoms with E-state index in [1.165, 1.54) is 23.1 Å². The number of benzene rings is 2. The number of hydrogen-bond acceptors (Lipinski definition) is 8. The molecule has 0 bridgehead atoms. The maximum absolute atomic E-state index is 12.4. The fraction of sp³-hybridized carbons (Fsp3) is 0.182. The second kappa shape index (κ2) is 10.2. The quantitative estimate of drug-likeness (QED) is 0.330. The number of anilines is 1. The molecule has 4 rings (SSSR count). The molecule has 0 radical (unpaired) electrons. The number of hydrogen-bond donors (Lipinski definition) is 1. The third-order valence-corrected chi connectivity index (χ3v) is 6.80. The van der Waals surface area contributed by atoms with Crippen LogP contribution < -0.4 is 14.8 Å². The number of methoxy groups -OCH3 is 2. The fourth-order valence-corrected chi connectivity index (χ4v) is 5.07. The van der Waals surface area contributed by atoms with Crippen LogP contribution in [-0.2, 0) is 11.2 Å². The van der Waals surface area contributed by atoms with Gasteiger partial charge in [0, 0.05) is 27.9 Å². The maximum Gasteiger partial charge on any atom is 0.226 e. The summed E-state index contributed by atoms with van der Waals surface area (Å²) in [5, 5.41) is 13.2. The Hall–Kier alpha value is -2.88. The molecule has 0 saturated heterocycles. The number of halogens is 1. The zero-order chi connectivity index (χ0) is 22.5. The molecule has 0 saturated carbocycles. The Bertz CT molecular complexity index is 1270. The van der Waals surface area contributed by atoms with E-state index < -0.39 is 0 Å². The number of aryl methyl sites for hydroxylation is 1. The lowest BCUT2D eigenvalue weighted by Crippen LogP contribution is -2.12. The van der Waals surface area contributed by atoms with Gasteiger partial charge in [0.1, 0.15) is 0 Å². The highest BCUT2D eigenvalue weighted by Crippen LogP contribution is 2.36. The van der Waals surface area contributed by atoms with E-state index in [0.29, 0.717) is 34.5 Å². The molecule has 10 heteroatoms. The van der Waals surface area contributed by atoms with Crippen LogP contribution in [0.25, 0.3) is 10.9 Å².